The van der Waals surface area contributed by atoms with E-state index in [2.05, 4.69) is 38.0 Å². The quantitative estimate of drug-likeness (QED) is 0.569. The van der Waals surface area contributed by atoms with Crippen LogP contribution < -0.4 is 11.2 Å². The summed E-state index contributed by atoms with van der Waals surface area (Å²) in [5.74, 6) is 0.0185. The summed E-state index contributed by atoms with van der Waals surface area (Å²) in [7, 11) is 0. The minimum atomic E-state index is -0.345. The Morgan fingerprint density at radius 3 is 2.07 bits per heavy atom. The van der Waals surface area contributed by atoms with Crippen LogP contribution in [0.4, 0.5) is 0 Å². The SMILES string of the molecule is C=CC(C)=O.CC.CCC.CCCCn1c(=O)[nH]c2ccc(S)cc2c1=O.O.O. The van der Waals surface area contributed by atoms with Gasteiger partial charge in [-0.2, -0.15) is 0 Å². The van der Waals surface area contributed by atoms with E-state index in [-0.39, 0.29) is 28.0 Å². The number of carbonyl (C=O) groups is 1. The van der Waals surface area contributed by atoms with Crippen LogP contribution in [0.2, 0.25) is 0 Å². The van der Waals surface area contributed by atoms with E-state index in [4.69, 9.17) is 0 Å². The monoisotopic (exact) mass is 430 g/mol. The molecule has 0 saturated carbocycles. The van der Waals surface area contributed by atoms with Crippen LogP contribution in [0, 0.1) is 0 Å². The lowest BCUT2D eigenvalue weighted by Crippen LogP contribution is -2.35. The number of nitrogens with one attached hydrogen (secondary N) is 1. The third-order valence-corrected chi connectivity index (χ3v) is 3.27. The minimum absolute atomic E-state index is 0. The van der Waals surface area contributed by atoms with Crippen molar-refractivity contribution < 1.29 is 15.7 Å². The molecule has 168 valence electrons. The summed E-state index contributed by atoms with van der Waals surface area (Å²) in [4.78, 5) is 37.0. The lowest BCUT2D eigenvalue weighted by molar-refractivity contribution is -0.112. The van der Waals surface area contributed by atoms with Gasteiger partial charge >= 0.3 is 5.69 Å². The Labute approximate surface area is 178 Å². The highest BCUT2D eigenvalue weighted by Crippen LogP contribution is 2.11. The average molecular weight is 431 g/mol. The van der Waals surface area contributed by atoms with Crippen molar-refractivity contribution in [1.82, 2.24) is 9.55 Å². The van der Waals surface area contributed by atoms with Crippen molar-refractivity contribution in [3.8, 4) is 0 Å². The molecule has 8 heteroatoms. The van der Waals surface area contributed by atoms with Gasteiger partial charge in [0, 0.05) is 11.4 Å². The van der Waals surface area contributed by atoms with Crippen molar-refractivity contribution in [3.63, 3.8) is 0 Å². The Morgan fingerprint density at radius 2 is 1.66 bits per heavy atom. The van der Waals surface area contributed by atoms with E-state index in [1.165, 1.54) is 24.0 Å². The highest BCUT2D eigenvalue weighted by atomic mass is 32.1. The molecule has 1 aromatic heterocycles. The fourth-order valence-electron chi connectivity index (χ4n) is 1.76. The van der Waals surface area contributed by atoms with Crippen LogP contribution in [0.3, 0.4) is 0 Å². The number of aromatic nitrogens is 2. The van der Waals surface area contributed by atoms with Gasteiger partial charge in [-0.1, -0.05) is 54.0 Å². The molecule has 2 rings (SSSR count). The van der Waals surface area contributed by atoms with Crippen LogP contribution in [0.1, 0.15) is 60.8 Å². The number of allylic oxidation sites excluding steroid dienone is 1. The maximum Gasteiger partial charge on any atom is 0.328 e. The number of fused-ring (bicyclic) bond motifs is 1. The molecule has 0 bridgehead atoms. The highest BCUT2D eigenvalue weighted by Gasteiger charge is 2.06. The van der Waals surface area contributed by atoms with Gasteiger partial charge in [0.15, 0.2) is 5.78 Å². The largest absolute Gasteiger partial charge is 0.412 e. The topological polar surface area (TPSA) is 135 Å². The summed E-state index contributed by atoms with van der Waals surface area (Å²) in [6.07, 6.45) is 4.28. The summed E-state index contributed by atoms with van der Waals surface area (Å²) < 4.78 is 1.25. The first-order valence-corrected chi connectivity index (χ1v) is 9.85. The maximum atomic E-state index is 12.1. The molecule has 0 atom stereocenters. The molecule has 0 radical (unpaired) electrons. The Kier molecular flexibility index (Phi) is 24.4. The van der Waals surface area contributed by atoms with E-state index >= 15 is 0 Å². The molecule has 7 nitrogen and oxygen atoms in total. The van der Waals surface area contributed by atoms with Crippen LogP contribution in [0.15, 0.2) is 45.3 Å². The lowest BCUT2D eigenvalue weighted by Gasteiger charge is -2.05. The van der Waals surface area contributed by atoms with Gasteiger partial charge in [0.25, 0.3) is 5.56 Å². The van der Waals surface area contributed by atoms with Gasteiger partial charge in [-0.15, -0.1) is 12.6 Å². The number of aromatic amines is 1. The number of carbonyl (C=O) groups excluding carboxylic acids is 1. The molecule has 0 amide bonds. The molecule has 2 aromatic rings. The molecule has 0 aliphatic carbocycles. The zero-order valence-electron chi connectivity index (χ0n) is 18.5. The lowest BCUT2D eigenvalue weighted by atomic mass is 10.2. The number of rotatable bonds is 4. The van der Waals surface area contributed by atoms with E-state index in [0.29, 0.717) is 22.3 Å². The van der Waals surface area contributed by atoms with E-state index in [9.17, 15) is 14.4 Å². The summed E-state index contributed by atoms with van der Waals surface area (Å²) in [5.41, 5.74) is -0.0264. The van der Waals surface area contributed by atoms with Crippen LogP contribution >= 0.6 is 12.6 Å². The second-order valence-corrected chi connectivity index (χ2v) is 6.01. The predicted octanol–water partition coefficient (Wildman–Crippen LogP) is 3.33. The number of ketones is 1. The molecule has 0 fully saturated rings. The number of benzene rings is 1. The summed E-state index contributed by atoms with van der Waals surface area (Å²) >= 11 is 4.20. The van der Waals surface area contributed by atoms with E-state index < -0.39 is 0 Å². The number of hydrogen-bond donors (Lipinski definition) is 2. The summed E-state index contributed by atoms with van der Waals surface area (Å²) in [6.45, 7) is 15.4. The van der Waals surface area contributed by atoms with E-state index in [1.54, 1.807) is 18.2 Å². The van der Waals surface area contributed by atoms with Crippen LogP contribution in [0.5, 0.6) is 0 Å². The van der Waals surface area contributed by atoms with Gasteiger partial charge in [-0.3, -0.25) is 14.2 Å². The third kappa shape index (κ3) is 13.6. The molecule has 1 aromatic carbocycles. The smallest absolute Gasteiger partial charge is 0.328 e. The van der Waals surface area contributed by atoms with Crippen molar-refractivity contribution in [2.75, 3.05) is 0 Å². The van der Waals surface area contributed by atoms with Gasteiger partial charge in [-0.05, 0) is 37.6 Å². The Bertz CT molecular complexity index is 813. The molecule has 0 unspecified atom stereocenters. The van der Waals surface area contributed by atoms with Gasteiger partial charge < -0.3 is 15.9 Å². The minimum Gasteiger partial charge on any atom is -0.412 e. The van der Waals surface area contributed by atoms with Gasteiger partial charge in [-0.25, -0.2) is 4.79 Å². The fourth-order valence-corrected chi connectivity index (χ4v) is 1.96. The second kappa shape index (κ2) is 20.6. The Morgan fingerprint density at radius 1 is 1.17 bits per heavy atom. The van der Waals surface area contributed by atoms with E-state index in [1.807, 2.05) is 20.8 Å². The molecule has 0 aliphatic rings. The van der Waals surface area contributed by atoms with Crippen molar-refractivity contribution in [2.24, 2.45) is 0 Å². The second-order valence-electron chi connectivity index (χ2n) is 5.49. The fraction of sp³-hybridized carbons (Fsp3) is 0.476. The average Bonchev–Trinajstić information content (AvgIpc) is 2.65. The molecule has 1 heterocycles. The number of hydrogen-bond acceptors (Lipinski definition) is 4. The Balaban J connectivity index is -0.000000223. The molecule has 5 N–H and O–H groups in total. The number of nitrogens with zero attached hydrogens (tertiary/aromatic N) is 1. The zero-order chi connectivity index (χ0) is 21.4. The third-order valence-electron chi connectivity index (χ3n) is 2.99. The van der Waals surface area contributed by atoms with Crippen LogP contribution in [-0.2, 0) is 11.3 Å². The van der Waals surface area contributed by atoms with Gasteiger partial charge in [0.1, 0.15) is 0 Å². The number of thiol groups is 1. The maximum absolute atomic E-state index is 12.1. The molecular formula is C21H38N2O5S. The molecule has 29 heavy (non-hydrogen) atoms. The van der Waals surface area contributed by atoms with Gasteiger partial charge in [0.05, 0.1) is 10.9 Å². The van der Waals surface area contributed by atoms with Crippen molar-refractivity contribution in [2.45, 2.75) is 72.2 Å². The molecule has 0 saturated heterocycles. The number of unbranched alkanes of at least 4 members (excludes halogenated alkanes) is 1. The first-order chi connectivity index (χ1) is 12.8. The van der Waals surface area contributed by atoms with E-state index in [0.717, 1.165) is 12.8 Å². The Hall–Kier alpha value is -2.16. The van der Waals surface area contributed by atoms with Crippen molar-refractivity contribution in [3.05, 3.63) is 51.7 Å². The standard InChI is InChI=1S/C12H14N2O2S.C4H6O.C3H8.C2H6.2H2O/c1-2-3-6-14-11(15)9-7-8(17)4-5-10(9)13-12(14)16;1-3-4(2)5;1-3-2;1-2;;/h4-5,7,17H,2-3,6H2,1H3,(H,13,16);3H,1H2,2H3;3H2,1-2H3;1-2H3;2*1H2. The van der Waals surface area contributed by atoms with Gasteiger partial charge in [0.2, 0.25) is 0 Å². The molecule has 0 spiro atoms. The molecular weight excluding hydrogens is 392 g/mol. The highest BCUT2D eigenvalue weighted by molar-refractivity contribution is 7.80. The van der Waals surface area contributed by atoms with Crippen LogP contribution in [0.25, 0.3) is 10.9 Å². The molecule has 0 aliphatic heterocycles. The predicted molar refractivity (Wildman–Crippen MR) is 126 cm³/mol. The van der Waals surface area contributed by atoms with Crippen molar-refractivity contribution >= 4 is 29.3 Å². The van der Waals surface area contributed by atoms with Crippen LogP contribution in [-0.4, -0.2) is 26.3 Å². The zero-order valence-corrected chi connectivity index (χ0v) is 19.4. The van der Waals surface area contributed by atoms with Crippen molar-refractivity contribution in [1.29, 1.82) is 0 Å². The summed E-state index contributed by atoms with van der Waals surface area (Å²) in [6, 6.07) is 5.13. The number of H-pyrrole nitrogens is 1. The summed E-state index contributed by atoms with van der Waals surface area (Å²) in [5, 5.41) is 0.508. The first-order valence-electron chi connectivity index (χ1n) is 9.41. The normalized spacial score (nSPS) is 8.38. The first kappa shape index (κ1) is 34.4.